The molecule has 0 atom stereocenters. The van der Waals surface area contributed by atoms with E-state index in [1.807, 2.05) is 0 Å². The van der Waals surface area contributed by atoms with Gasteiger partial charge in [-0.15, -0.1) is 0 Å². The highest BCUT2D eigenvalue weighted by molar-refractivity contribution is 6.12. The lowest BCUT2D eigenvalue weighted by Gasteiger charge is -2.06. The first-order valence-corrected chi connectivity index (χ1v) is 9.23. The molecule has 0 amide bonds. The largest absolute Gasteiger partial charge is 0.489 e. The summed E-state index contributed by atoms with van der Waals surface area (Å²) in [5, 5.41) is 10.8. The summed E-state index contributed by atoms with van der Waals surface area (Å²) in [7, 11) is 0. The van der Waals surface area contributed by atoms with Gasteiger partial charge in [-0.2, -0.15) is 0 Å². The van der Waals surface area contributed by atoms with Gasteiger partial charge in [-0.3, -0.25) is 10.1 Å². The van der Waals surface area contributed by atoms with Gasteiger partial charge in [0.25, 0.3) is 5.69 Å². The van der Waals surface area contributed by atoms with E-state index in [1.165, 1.54) is 36.4 Å². The summed E-state index contributed by atoms with van der Waals surface area (Å²) in [5.41, 5.74) is 1.52. The summed E-state index contributed by atoms with van der Waals surface area (Å²) >= 11 is 0. The van der Waals surface area contributed by atoms with Crippen molar-refractivity contribution in [2.45, 2.75) is 6.61 Å². The first-order chi connectivity index (χ1) is 15.0. The molecule has 0 N–H and O–H groups in total. The maximum absolute atomic E-state index is 13.9. The van der Waals surface area contributed by atoms with Crippen molar-refractivity contribution in [2.75, 3.05) is 0 Å². The summed E-state index contributed by atoms with van der Waals surface area (Å²) in [6.07, 6.45) is 1.53. The van der Waals surface area contributed by atoms with E-state index in [2.05, 4.69) is 4.99 Å². The molecule has 1 aliphatic heterocycles. The standard InChI is InChI=1S/C23H15FN2O5/c24-20-7-2-1-6-19(20)22-25-21(23(27)31-22)13-15-8-10-18(11-9-15)30-14-16-4-3-5-17(12-16)26(28)29/h1-13H,14H2/b21-13-. The van der Waals surface area contributed by atoms with Crippen molar-refractivity contribution in [1.82, 2.24) is 0 Å². The van der Waals surface area contributed by atoms with E-state index in [4.69, 9.17) is 9.47 Å². The maximum atomic E-state index is 13.9. The molecule has 1 aliphatic rings. The molecule has 8 heteroatoms. The van der Waals surface area contributed by atoms with Crippen LogP contribution in [0.5, 0.6) is 5.75 Å². The molecule has 0 unspecified atom stereocenters. The number of rotatable bonds is 6. The summed E-state index contributed by atoms with van der Waals surface area (Å²) in [6.45, 7) is 0.171. The van der Waals surface area contributed by atoms with Crippen LogP contribution in [0.15, 0.2) is 83.5 Å². The van der Waals surface area contributed by atoms with Gasteiger partial charge in [-0.05, 0) is 41.5 Å². The van der Waals surface area contributed by atoms with E-state index in [1.54, 1.807) is 42.5 Å². The molecule has 0 bridgehead atoms. The number of ether oxygens (including phenoxy) is 2. The molecule has 0 saturated carbocycles. The molecule has 0 spiro atoms. The molecule has 0 saturated heterocycles. The molecule has 154 valence electrons. The lowest BCUT2D eigenvalue weighted by molar-refractivity contribution is -0.384. The average Bonchev–Trinajstić information content (AvgIpc) is 3.13. The molecule has 31 heavy (non-hydrogen) atoms. The van der Waals surface area contributed by atoms with Crippen molar-refractivity contribution in [3.05, 3.63) is 111 Å². The molecule has 0 aliphatic carbocycles. The van der Waals surface area contributed by atoms with Crippen molar-refractivity contribution in [3.8, 4) is 5.75 Å². The van der Waals surface area contributed by atoms with E-state index in [0.717, 1.165) is 0 Å². The van der Waals surface area contributed by atoms with Crippen LogP contribution in [0.1, 0.15) is 16.7 Å². The first-order valence-electron chi connectivity index (χ1n) is 9.23. The quantitative estimate of drug-likeness (QED) is 0.251. The van der Waals surface area contributed by atoms with Crippen molar-refractivity contribution >= 4 is 23.6 Å². The third kappa shape index (κ3) is 4.64. The zero-order valence-electron chi connectivity index (χ0n) is 16.0. The highest BCUT2D eigenvalue weighted by Crippen LogP contribution is 2.22. The maximum Gasteiger partial charge on any atom is 0.363 e. The first kappa shape index (κ1) is 20.0. The number of hydrogen-bond acceptors (Lipinski definition) is 6. The normalized spacial score (nSPS) is 14.3. The highest BCUT2D eigenvalue weighted by Gasteiger charge is 2.25. The second-order valence-corrected chi connectivity index (χ2v) is 6.60. The topological polar surface area (TPSA) is 91.0 Å². The van der Waals surface area contributed by atoms with Crippen molar-refractivity contribution in [2.24, 2.45) is 4.99 Å². The number of non-ortho nitro benzene ring substituents is 1. The Bertz CT molecular complexity index is 1220. The molecule has 4 rings (SSSR count). The predicted octanol–water partition coefficient (Wildman–Crippen LogP) is 4.66. The summed E-state index contributed by atoms with van der Waals surface area (Å²) < 4.78 is 24.6. The number of carbonyl (C=O) groups excluding carboxylic acids is 1. The molecule has 1 heterocycles. The highest BCUT2D eigenvalue weighted by atomic mass is 19.1. The molecule has 3 aromatic rings. The van der Waals surface area contributed by atoms with Crippen LogP contribution in [-0.2, 0) is 16.1 Å². The molecular weight excluding hydrogens is 403 g/mol. The van der Waals surface area contributed by atoms with Gasteiger partial charge in [0.05, 0.1) is 10.5 Å². The predicted molar refractivity (Wildman–Crippen MR) is 111 cm³/mol. The fourth-order valence-electron chi connectivity index (χ4n) is 2.90. The third-order valence-corrected chi connectivity index (χ3v) is 4.44. The minimum Gasteiger partial charge on any atom is -0.489 e. The van der Waals surface area contributed by atoms with Crippen LogP contribution in [0.2, 0.25) is 0 Å². The molecule has 0 aromatic heterocycles. The summed E-state index contributed by atoms with van der Waals surface area (Å²) in [5.74, 6) is -0.714. The van der Waals surface area contributed by atoms with Crippen molar-refractivity contribution < 1.29 is 23.6 Å². The van der Waals surface area contributed by atoms with Crippen LogP contribution in [0, 0.1) is 15.9 Å². The number of nitro benzene ring substituents is 1. The Morgan fingerprint density at radius 3 is 2.58 bits per heavy atom. The van der Waals surface area contributed by atoms with E-state index in [0.29, 0.717) is 16.9 Å². The zero-order valence-corrected chi connectivity index (χ0v) is 16.0. The minimum absolute atomic E-state index is 0.00169. The van der Waals surface area contributed by atoms with Gasteiger partial charge in [-0.25, -0.2) is 14.2 Å². The van der Waals surface area contributed by atoms with Gasteiger partial charge in [0, 0.05) is 12.1 Å². The Kier molecular flexibility index (Phi) is 5.53. The van der Waals surface area contributed by atoms with Gasteiger partial charge < -0.3 is 9.47 Å². The smallest absolute Gasteiger partial charge is 0.363 e. The number of carbonyl (C=O) groups is 1. The summed E-state index contributed by atoms with van der Waals surface area (Å²) in [6, 6.07) is 19.0. The van der Waals surface area contributed by atoms with Gasteiger partial charge >= 0.3 is 5.97 Å². The lowest BCUT2D eigenvalue weighted by atomic mass is 10.2. The SMILES string of the molecule is O=C1OC(c2ccccc2F)=N/C1=C\c1ccc(OCc2cccc([N+](=O)[O-])c2)cc1. The minimum atomic E-state index is -0.663. The Labute approximate surface area is 176 Å². The average molecular weight is 418 g/mol. The van der Waals surface area contributed by atoms with E-state index < -0.39 is 16.7 Å². The third-order valence-electron chi connectivity index (χ3n) is 4.44. The van der Waals surface area contributed by atoms with Crippen molar-refractivity contribution in [1.29, 1.82) is 0 Å². The zero-order chi connectivity index (χ0) is 21.8. The van der Waals surface area contributed by atoms with E-state index in [9.17, 15) is 19.3 Å². The Morgan fingerprint density at radius 2 is 1.84 bits per heavy atom. The number of esters is 1. The molecular formula is C23H15FN2O5. The Morgan fingerprint density at radius 1 is 1.06 bits per heavy atom. The summed E-state index contributed by atoms with van der Waals surface area (Å²) in [4.78, 5) is 26.6. The van der Waals surface area contributed by atoms with Gasteiger partial charge in [0.15, 0.2) is 5.70 Å². The van der Waals surface area contributed by atoms with Gasteiger partial charge in [0.1, 0.15) is 18.2 Å². The number of nitro groups is 1. The monoisotopic (exact) mass is 418 g/mol. The van der Waals surface area contributed by atoms with Crippen LogP contribution in [0.3, 0.4) is 0 Å². The molecule has 0 fully saturated rings. The van der Waals surface area contributed by atoms with Crippen LogP contribution in [-0.4, -0.2) is 16.8 Å². The number of benzene rings is 3. The van der Waals surface area contributed by atoms with Crippen molar-refractivity contribution in [3.63, 3.8) is 0 Å². The number of cyclic esters (lactones) is 1. The number of nitrogens with zero attached hydrogens (tertiary/aromatic N) is 2. The lowest BCUT2D eigenvalue weighted by Crippen LogP contribution is -2.07. The van der Waals surface area contributed by atoms with Crippen LogP contribution in [0.25, 0.3) is 6.08 Å². The number of halogens is 1. The second-order valence-electron chi connectivity index (χ2n) is 6.60. The molecule has 7 nitrogen and oxygen atoms in total. The Balaban J connectivity index is 1.45. The molecule has 3 aromatic carbocycles. The second kappa shape index (κ2) is 8.58. The number of aliphatic imine (C=N–C) groups is 1. The van der Waals surface area contributed by atoms with Crippen LogP contribution < -0.4 is 4.74 Å². The Hall–Kier alpha value is -4.33. The van der Waals surface area contributed by atoms with E-state index in [-0.39, 0.29) is 29.5 Å². The van der Waals surface area contributed by atoms with E-state index >= 15 is 0 Å². The fourth-order valence-corrected chi connectivity index (χ4v) is 2.90. The number of hydrogen-bond donors (Lipinski definition) is 0. The van der Waals surface area contributed by atoms with Crippen LogP contribution >= 0.6 is 0 Å². The van der Waals surface area contributed by atoms with Gasteiger partial charge in [-0.1, -0.05) is 36.4 Å². The van der Waals surface area contributed by atoms with Crippen LogP contribution in [0.4, 0.5) is 10.1 Å². The fraction of sp³-hybridized carbons (Fsp3) is 0.0435. The van der Waals surface area contributed by atoms with Gasteiger partial charge in [0.2, 0.25) is 5.90 Å². The molecule has 0 radical (unpaired) electrons.